The summed E-state index contributed by atoms with van der Waals surface area (Å²) in [5.41, 5.74) is 2.92. The third kappa shape index (κ3) is 5.67. The number of halogens is 1. The Morgan fingerprint density at radius 2 is 2.05 bits per heavy atom. The Morgan fingerprint density at radius 3 is 2.81 bits per heavy atom. The van der Waals surface area contributed by atoms with Crippen LogP contribution in [0.15, 0.2) is 90.3 Å². The van der Waals surface area contributed by atoms with Gasteiger partial charge in [-0.3, -0.25) is 9.36 Å². The van der Waals surface area contributed by atoms with Crippen LogP contribution in [0.1, 0.15) is 44.1 Å². The van der Waals surface area contributed by atoms with Gasteiger partial charge in [0.2, 0.25) is 0 Å². The molecule has 0 spiro atoms. The zero-order chi connectivity index (χ0) is 30.1. The number of aromatic nitrogens is 3. The minimum Gasteiger partial charge on any atom is -0.496 e. The second-order valence-electron chi connectivity index (χ2n) is 9.62. The summed E-state index contributed by atoms with van der Waals surface area (Å²) in [6, 6.07) is 15.7. The number of carbonyl (C=O) groups is 1. The number of nitrogens with one attached hydrogen (secondary N) is 1. The van der Waals surface area contributed by atoms with Crippen molar-refractivity contribution in [3.05, 3.63) is 102 Å². The summed E-state index contributed by atoms with van der Waals surface area (Å²) in [6.07, 6.45) is 2.96. The number of fused-ring (bicyclic) bond motifs is 2. The van der Waals surface area contributed by atoms with Gasteiger partial charge in [0.05, 0.1) is 40.6 Å². The lowest BCUT2D eigenvalue weighted by atomic mass is 9.93. The summed E-state index contributed by atoms with van der Waals surface area (Å²) in [6.45, 7) is 3.93. The molecule has 0 radical (unpaired) electrons. The van der Waals surface area contributed by atoms with Crippen LogP contribution in [0.25, 0.3) is 17.1 Å². The van der Waals surface area contributed by atoms with Crippen molar-refractivity contribution in [3.8, 4) is 5.75 Å². The van der Waals surface area contributed by atoms with Crippen LogP contribution in [0.4, 0.5) is 0 Å². The fraction of sp³-hybridized carbons (Fsp3) is 0.226. The number of esters is 1. The molecule has 6 rings (SSSR count). The molecule has 1 aliphatic rings. The summed E-state index contributed by atoms with van der Waals surface area (Å²) in [4.78, 5) is 40.6. The van der Waals surface area contributed by atoms with E-state index in [0.29, 0.717) is 59.4 Å². The average Bonchev–Trinajstić information content (AvgIpc) is 3.70. The second kappa shape index (κ2) is 12.3. The van der Waals surface area contributed by atoms with E-state index in [9.17, 15) is 9.59 Å². The topological polar surface area (TPSA) is 112 Å². The number of rotatable bonds is 9. The average molecular weight is 635 g/mol. The van der Waals surface area contributed by atoms with Gasteiger partial charge in [0.15, 0.2) is 15.1 Å². The molecule has 0 amide bonds. The maximum Gasteiger partial charge on any atom is 0.338 e. The van der Waals surface area contributed by atoms with Gasteiger partial charge < -0.3 is 18.9 Å². The van der Waals surface area contributed by atoms with Crippen LogP contribution in [0, 0.1) is 0 Å². The van der Waals surface area contributed by atoms with Crippen LogP contribution in [-0.4, -0.2) is 34.2 Å². The number of para-hydroxylation sites is 2. The molecule has 0 saturated heterocycles. The number of hydrogen-bond donors (Lipinski definition) is 1. The molecule has 1 aliphatic heterocycles. The van der Waals surface area contributed by atoms with E-state index in [4.69, 9.17) is 30.5 Å². The van der Waals surface area contributed by atoms with Gasteiger partial charge in [-0.2, -0.15) is 0 Å². The number of imidazole rings is 1. The molecule has 0 bridgehead atoms. The minimum atomic E-state index is -0.844. The van der Waals surface area contributed by atoms with Crippen molar-refractivity contribution in [2.75, 3.05) is 13.7 Å². The molecule has 0 saturated carbocycles. The van der Waals surface area contributed by atoms with Crippen molar-refractivity contribution >= 4 is 57.8 Å². The van der Waals surface area contributed by atoms with E-state index in [1.54, 1.807) is 37.3 Å². The van der Waals surface area contributed by atoms with Gasteiger partial charge in [-0.1, -0.05) is 48.4 Å². The lowest BCUT2D eigenvalue weighted by Gasteiger charge is -2.27. The highest BCUT2D eigenvalue weighted by Crippen LogP contribution is 2.38. The summed E-state index contributed by atoms with van der Waals surface area (Å²) in [5, 5.41) is 1.77. The Kier molecular flexibility index (Phi) is 8.29. The van der Waals surface area contributed by atoms with Crippen molar-refractivity contribution in [1.29, 1.82) is 0 Å². The number of H-pyrrole nitrogens is 1. The third-order valence-corrected chi connectivity index (χ3v) is 8.84. The standard InChI is InChI=1S/C31H27ClN4O5S2/c1-4-8-22-26(29(38)40-5-2)27(19-15-17(32)11-13-23(19)39-3)36-28(37)24(42-31(36)35-22)16-18-12-14-25(41-18)43-30-33-20-9-6-7-10-21(20)34-30/h6-7,9-16,27H,4-5,8H2,1-3H3,(H,33,34)/b24-16+/t27-/m0/s1. The zero-order valence-electron chi connectivity index (χ0n) is 23.5. The normalized spacial score (nSPS) is 15.1. The number of furan rings is 1. The van der Waals surface area contributed by atoms with E-state index in [1.165, 1.54) is 34.8 Å². The lowest BCUT2D eigenvalue weighted by molar-refractivity contribution is -0.139. The van der Waals surface area contributed by atoms with Gasteiger partial charge in [0, 0.05) is 16.7 Å². The van der Waals surface area contributed by atoms with E-state index in [0.717, 1.165) is 17.5 Å². The van der Waals surface area contributed by atoms with Gasteiger partial charge in [0.1, 0.15) is 17.6 Å². The highest BCUT2D eigenvalue weighted by molar-refractivity contribution is 7.99. The number of allylic oxidation sites excluding steroid dienone is 1. The van der Waals surface area contributed by atoms with E-state index in [-0.39, 0.29) is 12.2 Å². The van der Waals surface area contributed by atoms with Crippen molar-refractivity contribution in [2.24, 2.45) is 4.99 Å². The van der Waals surface area contributed by atoms with E-state index >= 15 is 0 Å². The van der Waals surface area contributed by atoms with Gasteiger partial charge >= 0.3 is 5.97 Å². The molecule has 43 heavy (non-hydrogen) atoms. The Balaban J connectivity index is 1.45. The Bertz CT molecular complexity index is 2020. The fourth-order valence-electron chi connectivity index (χ4n) is 5.00. The van der Waals surface area contributed by atoms with Crippen LogP contribution in [-0.2, 0) is 9.53 Å². The predicted octanol–water partition coefficient (Wildman–Crippen LogP) is 5.86. The Labute approximate surface area is 259 Å². The fourth-order valence-corrected chi connectivity index (χ4v) is 6.95. The molecule has 1 atom stereocenters. The lowest BCUT2D eigenvalue weighted by Crippen LogP contribution is -2.40. The monoisotopic (exact) mass is 634 g/mol. The highest BCUT2D eigenvalue weighted by Gasteiger charge is 2.36. The largest absolute Gasteiger partial charge is 0.496 e. The number of nitrogens with zero attached hydrogens (tertiary/aromatic N) is 3. The number of thiazole rings is 1. The summed E-state index contributed by atoms with van der Waals surface area (Å²) in [7, 11) is 1.54. The van der Waals surface area contributed by atoms with Crippen molar-refractivity contribution in [2.45, 2.75) is 43.0 Å². The number of benzene rings is 2. The first-order valence-electron chi connectivity index (χ1n) is 13.7. The van der Waals surface area contributed by atoms with Crippen LogP contribution >= 0.6 is 34.7 Å². The van der Waals surface area contributed by atoms with Crippen molar-refractivity contribution in [1.82, 2.24) is 14.5 Å². The molecule has 220 valence electrons. The molecular formula is C31H27ClN4O5S2. The molecule has 5 aromatic rings. The summed E-state index contributed by atoms with van der Waals surface area (Å²) >= 11 is 9.00. The maximum absolute atomic E-state index is 14.0. The summed E-state index contributed by atoms with van der Waals surface area (Å²) < 4.78 is 19.1. The Hall–Kier alpha value is -4.06. The molecule has 1 N–H and O–H groups in total. The van der Waals surface area contributed by atoms with E-state index < -0.39 is 12.0 Å². The van der Waals surface area contributed by atoms with Gasteiger partial charge in [-0.25, -0.2) is 14.8 Å². The molecule has 0 aliphatic carbocycles. The molecule has 0 unspecified atom stereocenters. The smallest absolute Gasteiger partial charge is 0.338 e. The van der Waals surface area contributed by atoms with Crippen LogP contribution in [0.5, 0.6) is 5.75 Å². The summed E-state index contributed by atoms with van der Waals surface area (Å²) in [5.74, 6) is 0.454. The predicted molar refractivity (Wildman–Crippen MR) is 167 cm³/mol. The Morgan fingerprint density at radius 1 is 1.21 bits per heavy atom. The van der Waals surface area contributed by atoms with Gasteiger partial charge in [0.25, 0.3) is 5.56 Å². The number of ether oxygens (including phenoxy) is 2. The molecule has 12 heteroatoms. The third-order valence-electron chi connectivity index (χ3n) is 6.82. The first kappa shape index (κ1) is 29.0. The van der Waals surface area contributed by atoms with Gasteiger partial charge in [-0.05, 0) is 67.6 Å². The minimum absolute atomic E-state index is 0.179. The van der Waals surface area contributed by atoms with Gasteiger partial charge in [-0.15, -0.1) is 0 Å². The SMILES string of the molecule is CCCC1=C(C(=O)OCC)[C@H](c2cc(Cl)ccc2OC)n2c(s/c(=C/c3ccc(Sc4nc5ccccc5[nH]4)o3)c2=O)=N1. The molecule has 0 fully saturated rings. The van der Waals surface area contributed by atoms with Crippen LogP contribution < -0.4 is 19.6 Å². The molecule has 2 aromatic carbocycles. The molecule has 3 aromatic heterocycles. The number of methoxy groups -OCH3 is 1. The first-order valence-corrected chi connectivity index (χ1v) is 15.7. The molecule has 9 nitrogen and oxygen atoms in total. The van der Waals surface area contributed by atoms with Crippen molar-refractivity contribution in [3.63, 3.8) is 0 Å². The molecule has 4 heterocycles. The van der Waals surface area contributed by atoms with Crippen LogP contribution in [0.3, 0.4) is 0 Å². The van der Waals surface area contributed by atoms with E-state index in [1.807, 2.05) is 37.3 Å². The zero-order valence-corrected chi connectivity index (χ0v) is 25.9. The number of hydrogen-bond acceptors (Lipinski definition) is 9. The number of carbonyl (C=O) groups excluding carboxylic acids is 1. The second-order valence-corrected chi connectivity index (χ2v) is 12.1. The van der Waals surface area contributed by atoms with Crippen LogP contribution in [0.2, 0.25) is 5.02 Å². The highest BCUT2D eigenvalue weighted by atomic mass is 35.5. The number of aromatic amines is 1. The first-order chi connectivity index (χ1) is 20.9. The molecular weight excluding hydrogens is 608 g/mol. The van der Waals surface area contributed by atoms with E-state index in [2.05, 4.69) is 9.97 Å². The van der Waals surface area contributed by atoms with Crippen molar-refractivity contribution < 1.29 is 18.7 Å². The quantitative estimate of drug-likeness (QED) is 0.202. The maximum atomic E-state index is 14.0.